The van der Waals surface area contributed by atoms with Gasteiger partial charge < -0.3 is 16.0 Å². The van der Waals surface area contributed by atoms with E-state index in [2.05, 4.69) is 21.2 Å². The van der Waals surface area contributed by atoms with Gasteiger partial charge in [-0.2, -0.15) is 0 Å². The zero-order valence-electron chi connectivity index (χ0n) is 12.6. The number of nitrogens with one attached hydrogen (secondary N) is 1. The summed E-state index contributed by atoms with van der Waals surface area (Å²) in [6, 6.07) is 6.88. The van der Waals surface area contributed by atoms with E-state index in [9.17, 15) is 9.59 Å². The van der Waals surface area contributed by atoms with E-state index >= 15 is 0 Å². The Morgan fingerprint density at radius 3 is 2.68 bits per heavy atom. The van der Waals surface area contributed by atoms with E-state index in [0.29, 0.717) is 25.2 Å². The number of carbonyl (C=O) groups excluding carboxylic acids is 2. The van der Waals surface area contributed by atoms with Gasteiger partial charge in [0.15, 0.2) is 0 Å². The lowest BCUT2D eigenvalue weighted by molar-refractivity contribution is -0.124. The van der Waals surface area contributed by atoms with Gasteiger partial charge in [-0.25, -0.2) is 0 Å². The molecule has 22 heavy (non-hydrogen) atoms. The van der Waals surface area contributed by atoms with Crippen LogP contribution in [0.1, 0.15) is 36.0 Å². The van der Waals surface area contributed by atoms with Crippen molar-refractivity contribution in [3.8, 4) is 0 Å². The number of likely N-dealkylation sites (tertiary alicyclic amines) is 1. The van der Waals surface area contributed by atoms with E-state index in [-0.39, 0.29) is 17.9 Å². The number of amides is 2. The molecule has 1 aromatic rings. The molecule has 0 aliphatic carbocycles. The summed E-state index contributed by atoms with van der Waals surface area (Å²) in [4.78, 5) is 26.5. The average molecular weight is 368 g/mol. The summed E-state index contributed by atoms with van der Waals surface area (Å²) in [6.07, 6.45) is 3.36. The van der Waals surface area contributed by atoms with E-state index in [4.69, 9.17) is 5.73 Å². The number of halogens is 1. The van der Waals surface area contributed by atoms with Gasteiger partial charge in [0.05, 0.1) is 0 Å². The first-order valence-corrected chi connectivity index (χ1v) is 8.47. The number of rotatable bonds is 6. The van der Waals surface area contributed by atoms with Crippen LogP contribution in [0.5, 0.6) is 0 Å². The first kappa shape index (κ1) is 17.0. The molecule has 2 rings (SSSR count). The summed E-state index contributed by atoms with van der Waals surface area (Å²) in [6.45, 7) is 1.89. The summed E-state index contributed by atoms with van der Waals surface area (Å²) in [7, 11) is 0. The van der Waals surface area contributed by atoms with E-state index in [0.717, 1.165) is 30.2 Å². The molecule has 5 nitrogen and oxygen atoms in total. The minimum atomic E-state index is -0.353. The van der Waals surface area contributed by atoms with Crippen molar-refractivity contribution < 1.29 is 9.59 Å². The Morgan fingerprint density at radius 2 is 2.00 bits per heavy atom. The summed E-state index contributed by atoms with van der Waals surface area (Å²) in [5.41, 5.74) is 6.05. The number of benzene rings is 1. The predicted octanol–water partition coefficient (Wildman–Crippen LogP) is 1.91. The number of carbonyl (C=O) groups is 2. The van der Waals surface area contributed by atoms with Crippen molar-refractivity contribution in [2.24, 2.45) is 5.73 Å². The van der Waals surface area contributed by atoms with Gasteiger partial charge in [0.1, 0.15) is 6.04 Å². The molecular formula is C16H22BrN3O2. The Hall–Kier alpha value is -1.40. The van der Waals surface area contributed by atoms with Gasteiger partial charge >= 0.3 is 0 Å². The molecule has 6 heteroatoms. The second-order valence-electron chi connectivity index (χ2n) is 5.45. The van der Waals surface area contributed by atoms with Crippen molar-refractivity contribution in [1.82, 2.24) is 10.2 Å². The predicted molar refractivity (Wildman–Crippen MR) is 89.5 cm³/mol. The smallest absolute Gasteiger partial charge is 0.254 e. The Bertz CT molecular complexity index is 519. The molecule has 1 fully saturated rings. The molecule has 0 spiro atoms. The fourth-order valence-electron chi connectivity index (χ4n) is 2.64. The monoisotopic (exact) mass is 367 g/mol. The van der Waals surface area contributed by atoms with Crippen LogP contribution in [0.3, 0.4) is 0 Å². The van der Waals surface area contributed by atoms with E-state index in [1.807, 2.05) is 12.1 Å². The molecule has 1 aromatic carbocycles. The first-order valence-electron chi connectivity index (χ1n) is 7.68. The van der Waals surface area contributed by atoms with Crippen LogP contribution in [-0.2, 0) is 4.79 Å². The van der Waals surface area contributed by atoms with Crippen LogP contribution < -0.4 is 11.1 Å². The van der Waals surface area contributed by atoms with Gasteiger partial charge in [0.2, 0.25) is 5.91 Å². The third-order valence-corrected chi connectivity index (χ3v) is 4.37. The Morgan fingerprint density at radius 1 is 1.27 bits per heavy atom. The molecule has 1 unspecified atom stereocenters. The third-order valence-electron chi connectivity index (χ3n) is 3.84. The normalized spacial score (nSPS) is 17.5. The number of hydrogen-bond donors (Lipinski definition) is 2. The van der Waals surface area contributed by atoms with Crippen molar-refractivity contribution in [3.63, 3.8) is 0 Å². The molecule has 0 saturated carbocycles. The highest BCUT2D eigenvalue weighted by molar-refractivity contribution is 9.10. The highest BCUT2D eigenvalue weighted by Crippen LogP contribution is 2.21. The van der Waals surface area contributed by atoms with Gasteiger partial charge in [-0.3, -0.25) is 9.59 Å². The van der Waals surface area contributed by atoms with Crippen LogP contribution in [0.25, 0.3) is 0 Å². The average Bonchev–Trinajstić information content (AvgIpc) is 3.01. The van der Waals surface area contributed by atoms with Crippen molar-refractivity contribution in [1.29, 1.82) is 0 Å². The molecule has 0 radical (unpaired) electrons. The topological polar surface area (TPSA) is 75.4 Å². The molecule has 1 aliphatic heterocycles. The van der Waals surface area contributed by atoms with Gasteiger partial charge in [0.25, 0.3) is 5.91 Å². The molecule has 0 bridgehead atoms. The zero-order chi connectivity index (χ0) is 15.9. The fourth-order valence-corrected chi connectivity index (χ4v) is 2.90. The van der Waals surface area contributed by atoms with Crippen molar-refractivity contribution in [3.05, 3.63) is 34.3 Å². The molecule has 1 heterocycles. The molecule has 120 valence electrons. The van der Waals surface area contributed by atoms with E-state index in [1.54, 1.807) is 17.0 Å². The lowest BCUT2D eigenvalue weighted by Crippen LogP contribution is -2.46. The molecule has 1 aliphatic rings. The lowest BCUT2D eigenvalue weighted by Gasteiger charge is -2.24. The molecule has 1 saturated heterocycles. The first-order chi connectivity index (χ1) is 10.6. The third kappa shape index (κ3) is 4.30. The number of nitrogens with two attached hydrogens (primary N) is 1. The van der Waals surface area contributed by atoms with Crippen LogP contribution in [0.4, 0.5) is 0 Å². The second kappa shape index (κ2) is 8.29. The van der Waals surface area contributed by atoms with Gasteiger partial charge in [0, 0.05) is 23.1 Å². The zero-order valence-corrected chi connectivity index (χ0v) is 14.1. The molecule has 3 N–H and O–H groups in total. The standard InChI is InChI=1S/C16H22BrN3O2/c17-13-7-5-12(6-8-13)16(22)20-11-3-4-14(20)15(21)19-10-2-1-9-18/h5-8,14H,1-4,9-11,18H2,(H,19,21). The number of hydrogen-bond acceptors (Lipinski definition) is 3. The number of unbranched alkanes of at least 4 members (excludes halogenated alkanes) is 1. The maximum Gasteiger partial charge on any atom is 0.254 e. The maximum atomic E-state index is 12.6. The fraction of sp³-hybridized carbons (Fsp3) is 0.500. The largest absolute Gasteiger partial charge is 0.354 e. The second-order valence-corrected chi connectivity index (χ2v) is 6.37. The lowest BCUT2D eigenvalue weighted by atomic mass is 10.1. The Kier molecular flexibility index (Phi) is 6.39. The highest BCUT2D eigenvalue weighted by atomic mass is 79.9. The Balaban J connectivity index is 1.96. The molecule has 2 amide bonds. The van der Waals surface area contributed by atoms with E-state index < -0.39 is 0 Å². The van der Waals surface area contributed by atoms with Crippen LogP contribution >= 0.6 is 15.9 Å². The van der Waals surface area contributed by atoms with Crippen molar-refractivity contribution in [2.75, 3.05) is 19.6 Å². The molecule has 1 atom stereocenters. The quantitative estimate of drug-likeness (QED) is 0.754. The number of nitrogens with zero attached hydrogens (tertiary/aromatic N) is 1. The molecule has 0 aromatic heterocycles. The van der Waals surface area contributed by atoms with Crippen LogP contribution in [0, 0.1) is 0 Å². The summed E-state index contributed by atoms with van der Waals surface area (Å²) in [5, 5.41) is 2.91. The highest BCUT2D eigenvalue weighted by Gasteiger charge is 2.34. The van der Waals surface area contributed by atoms with Crippen molar-refractivity contribution >= 4 is 27.7 Å². The SMILES string of the molecule is NCCCCNC(=O)C1CCCN1C(=O)c1ccc(Br)cc1. The minimum absolute atomic E-state index is 0.0556. The molecular weight excluding hydrogens is 346 g/mol. The van der Waals surface area contributed by atoms with Gasteiger partial charge in [-0.05, 0) is 56.5 Å². The summed E-state index contributed by atoms with van der Waals surface area (Å²) < 4.78 is 0.930. The van der Waals surface area contributed by atoms with Gasteiger partial charge in [-0.15, -0.1) is 0 Å². The Labute approximate surface area is 139 Å². The van der Waals surface area contributed by atoms with Crippen LogP contribution in [0.15, 0.2) is 28.7 Å². The maximum absolute atomic E-state index is 12.6. The van der Waals surface area contributed by atoms with Gasteiger partial charge in [-0.1, -0.05) is 15.9 Å². The van der Waals surface area contributed by atoms with E-state index in [1.165, 1.54) is 0 Å². The van der Waals surface area contributed by atoms with Crippen LogP contribution in [-0.4, -0.2) is 42.4 Å². The summed E-state index contributed by atoms with van der Waals surface area (Å²) >= 11 is 3.36. The summed E-state index contributed by atoms with van der Waals surface area (Å²) in [5.74, 6) is -0.132. The minimum Gasteiger partial charge on any atom is -0.354 e. The van der Waals surface area contributed by atoms with Crippen molar-refractivity contribution in [2.45, 2.75) is 31.7 Å². The van der Waals surface area contributed by atoms with Crippen LogP contribution in [0.2, 0.25) is 0 Å².